The van der Waals surface area contributed by atoms with Crippen molar-refractivity contribution in [1.82, 2.24) is 14.7 Å². The first-order chi connectivity index (χ1) is 14.8. The Morgan fingerprint density at radius 3 is 2.29 bits per heavy atom. The summed E-state index contributed by atoms with van der Waals surface area (Å²) >= 11 is 0. The van der Waals surface area contributed by atoms with Crippen LogP contribution in [0.2, 0.25) is 0 Å². The molecule has 9 heteroatoms. The molecule has 6 nitrogen and oxygen atoms in total. The van der Waals surface area contributed by atoms with Crippen molar-refractivity contribution in [2.45, 2.75) is 44.8 Å². The summed E-state index contributed by atoms with van der Waals surface area (Å²) < 4.78 is 39.3. The van der Waals surface area contributed by atoms with Crippen LogP contribution in [0, 0.1) is 0 Å². The van der Waals surface area contributed by atoms with Gasteiger partial charge < -0.3 is 10.2 Å². The lowest BCUT2D eigenvalue weighted by Gasteiger charge is -2.38. The lowest BCUT2D eigenvalue weighted by atomic mass is 10.00. The number of nitrogens with zero attached hydrogens (tertiary/aromatic N) is 3. The van der Waals surface area contributed by atoms with E-state index in [1.54, 1.807) is 0 Å². The number of rotatable bonds is 6. The van der Waals surface area contributed by atoms with E-state index in [-0.39, 0.29) is 18.1 Å². The Bertz CT molecular complexity index is 763. The Morgan fingerprint density at radius 1 is 1.00 bits per heavy atom. The van der Waals surface area contributed by atoms with Crippen LogP contribution in [0.3, 0.4) is 0 Å². The van der Waals surface area contributed by atoms with Crippen LogP contribution < -0.4 is 5.32 Å². The topological polar surface area (TPSA) is 55.9 Å². The van der Waals surface area contributed by atoms with Gasteiger partial charge in [0.2, 0.25) is 11.8 Å². The Labute approximate surface area is 181 Å². The number of carbonyl (C=O) groups is 2. The van der Waals surface area contributed by atoms with Crippen molar-refractivity contribution in [2.24, 2.45) is 0 Å². The molecular formula is C22H31F3N4O2. The third-order valence-electron chi connectivity index (χ3n) is 6.12. The average Bonchev–Trinajstić information content (AvgIpc) is 2.74. The highest BCUT2D eigenvalue weighted by Gasteiger charge is 2.34. The lowest BCUT2D eigenvalue weighted by Crippen LogP contribution is -2.53. The molecule has 1 N–H and O–H groups in total. The standard InChI is InChI=1S/C22H31F3N4O2/c1-2-17-7-5-6-10-29(17)21(31)16-28-13-11-27(12-14-28)15-20(30)26-19-9-4-3-8-18(19)22(23,24)25/h3-4,8-9,17H,2,5-7,10-16H2,1H3,(H,26,30). The fraction of sp³-hybridized carbons (Fsp3) is 0.636. The van der Waals surface area contributed by atoms with Crippen molar-refractivity contribution in [3.63, 3.8) is 0 Å². The summed E-state index contributed by atoms with van der Waals surface area (Å²) in [4.78, 5) is 31.0. The lowest BCUT2D eigenvalue weighted by molar-refractivity contribution is -0.137. The summed E-state index contributed by atoms with van der Waals surface area (Å²) in [5.74, 6) is -0.304. The van der Waals surface area contributed by atoms with Gasteiger partial charge in [-0.1, -0.05) is 19.1 Å². The largest absolute Gasteiger partial charge is 0.418 e. The van der Waals surface area contributed by atoms with Crippen LogP contribution in [0.5, 0.6) is 0 Å². The number of hydrogen-bond acceptors (Lipinski definition) is 4. The second-order valence-corrected chi connectivity index (χ2v) is 8.29. The SMILES string of the molecule is CCC1CCCCN1C(=O)CN1CCN(CC(=O)Nc2ccccc2C(F)(F)F)CC1. The number of anilines is 1. The highest BCUT2D eigenvalue weighted by molar-refractivity contribution is 5.93. The van der Waals surface area contributed by atoms with E-state index in [0.717, 1.165) is 31.9 Å². The van der Waals surface area contributed by atoms with Gasteiger partial charge in [-0.15, -0.1) is 0 Å². The first-order valence-corrected chi connectivity index (χ1v) is 11.0. The van der Waals surface area contributed by atoms with Gasteiger partial charge in [0.25, 0.3) is 0 Å². The van der Waals surface area contributed by atoms with Crippen LogP contribution in [0.15, 0.2) is 24.3 Å². The fourth-order valence-electron chi connectivity index (χ4n) is 4.37. The Morgan fingerprint density at radius 2 is 1.65 bits per heavy atom. The van der Waals surface area contributed by atoms with Gasteiger partial charge in [-0.2, -0.15) is 13.2 Å². The zero-order valence-electron chi connectivity index (χ0n) is 18.0. The number of para-hydroxylation sites is 1. The van der Waals surface area contributed by atoms with Gasteiger partial charge in [-0.25, -0.2) is 0 Å². The molecule has 2 saturated heterocycles. The van der Waals surface area contributed by atoms with E-state index in [1.165, 1.54) is 24.6 Å². The van der Waals surface area contributed by atoms with Crippen molar-refractivity contribution in [3.05, 3.63) is 29.8 Å². The number of piperazine rings is 1. The summed E-state index contributed by atoms with van der Waals surface area (Å²) in [6.45, 7) is 5.86. The molecule has 2 amide bonds. The maximum Gasteiger partial charge on any atom is 0.418 e. The summed E-state index contributed by atoms with van der Waals surface area (Å²) in [6, 6.07) is 5.31. The smallest absolute Gasteiger partial charge is 0.339 e. The summed E-state index contributed by atoms with van der Waals surface area (Å²) in [5.41, 5.74) is -1.08. The number of benzene rings is 1. The van der Waals surface area contributed by atoms with Gasteiger partial charge >= 0.3 is 6.18 Å². The molecule has 0 aliphatic carbocycles. The van der Waals surface area contributed by atoms with E-state index in [4.69, 9.17) is 0 Å². The number of likely N-dealkylation sites (tertiary alicyclic amines) is 1. The van der Waals surface area contributed by atoms with Crippen molar-refractivity contribution in [3.8, 4) is 0 Å². The zero-order chi connectivity index (χ0) is 22.4. The molecule has 1 aromatic carbocycles. The van der Waals surface area contributed by atoms with E-state index in [9.17, 15) is 22.8 Å². The molecule has 2 aliphatic rings. The average molecular weight is 441 g/mol. The molecule has 1 unspecified atom stereocenters. The Balaban J connectivity index is 1.45. The number of alkyl halides is 3. The van der Waals surface area contributed by atoms with E-state index in [2.05, 4.69) is 17.1 Å². The molecule has 1 aromatic rings. The van der Waals surface area contributed by atoms with Gasteiger partial charge in [0.1, 0.15) is 0 Å². The maximum atomic E-state index is 13.1. The van der Waals surface area contributed by atoms with Gasteiger partial charge in [0, 0.05) is 38.8 Å². The second-order valence-electron chi connectivity index (χ2n) is 8.29. The fourth-order valence-corrected chi connectivity index (χ4v) is 4.37. The van der Waals surface area contributed by atoms with Crippen LogP contribution in [-0.2, 0) is 15.8 Å². The number of piperidine rings is 1. The van der Waals surface area contributed by atoms with Crippen LogP contribution in [0.25, 0.3) is 0 Å². The minimum atomic E-state index is -4.52. The molecule has 3 rings (SSSR count). The third kappa shape index (κ3) is 6.43. The van der Waals surface area contributed by atoms with Crippen molar-refractivity contribution >= 4 is 17.5 Å². The van der Waals surface area contributed by atoms with Crippen molar-refractivity contribution in [1.29, 1.82) is 0 Å². The van der Waals surface area contributed by atoms with E-state index in [1.807, 2.05) is 9.80 Å². The predicted molar refractivity (Wildman–Crippen MR) is 113 cm³/mol. The molecule has 31 heavy (non-hydrogen) atoms. The van der Waals surface area contributed by atoms with Gasteiger partial charge in [0.05, 0.1) is 24.3 Å². The van der Waals surface area contributed by atoms with Gasteiger partial charge in [0.15, 0.2) is 0 Å². The highest BCUT2D eigenvalue weighted by atomic mass is 19.4. The molecule has 0 spiro atoms. The number of amides is 2. The minimum absolute atomic E-state index is 0.0258. The predicted octanol–water partition coefficient (Wildman–Crippen LogP) is 3.05. The molecule has 2 aliphatic heterocycles. The van der Waals surface area contributed by atoms with E-state index >= 15 is 0 Å². The second kappa shape index (κ2) is 10.5. The van der Waals surface area contributed by atoms with E-state index < -0.39 is 17.6 Å². The Kier molecular flexibility index (Phi) is 7.94. The molecule has 1 atom stereocenters. The Hall–Kier alpha value is -2.13. The highest BCUT2D eigenvalue weighted by Crippen LogP contribution is 2.34. The van der Waals surface area contributed by atoms with Crippen molar-refractivity contribution in [2.75, 3.05) is 51.1 Å². The van der Waals surface area contributed by atoms with Gasteiger partial charge in [-0.05, 0) is 37.8 Å². The van der Waals surface area contributed by atoms with Crippen LogP contribution in [0.4, 0.5) is 18.9 Å². The first kappa shape index (κ1) is 23.5. The first-order valence-electron chi connectivity index (χ1n) is 11.0. The van der Waals surface area contributed by atoms with Crippen molar-refractivity contribution < 1.29 is 22.8 Å². The van der Waals surface area contributed by atoms with E-state index in [0.29, 0.717) is 38.8 Å². The number of hydrogen-bond donors (Lipinski definition) is 1. The number of halogens is 3. The summed E-state index contributed by atoms with van der Waals surface area (Å²) in [6.07, 6.45) is -0.235. The summed E-state index contributed by atoms with van der Waals surface area (Å²) in [5, 5.41) is 2.39. The molecular weight excluding hydrogens is 409 g/mol. The van der Waals surface area contributed by atoms with Crippen LogP contribution in [-0.4, -0.2) is 78.4 Å². The molecule has 0 radical (unpaired) electrons. The maximum absolute atomic E-state index is 13.1. The molecule has 172 valence electrons. The normalized spacial score (nSPS) is 21.2. The number of carbonyl (C=O) groups excluding carboxylic acids is 2. The van der Waals surface area contributed by atoms with Crippen LogP contribution >= 0.6 is 0 Å². The molecule has 0 saturated carbocycles. The zero-order valence-corrected chi connectivity index (χ0v) is 18.0. The van der Waals surface area contributed by atoms with Crippen LogP contribution in [0.1, 0.15) is 38.2 Å². The minimum Gasteiger partial charge on any atom is -0.339 e. The monoisotopic (exact) mass is 440 g/mol. The summed E-state index contributed by atoms with van der Waals surface area (Å²) in [7, 11) is 0. The molecule has 2 fully saturated rings. The third-order valence-corrected chi connectivity index (χ3v) is 6.12. The van der Waals surface area contributed by atoms with Gasteiger partial charge in [-0.3, -0.25) is 19.4 Å². The number of nitrogens with one attached hydrogen (secondary N) is 1. The molecule has 2 heterocycles. The molecule has 0 aromatic heterocycles. The molecule has 0 bridgehead atoms. The quantitative estimate of drug-likeness (QED) is 0.739.